The van der Waals surface area contributed by atoms with Crippen molar-refractivity contribution in [1.29, 1.82) is 0 Å². The number of aryl methyl sites for hydroxylation is 1. The number of primary amides is 1. The van der Waals surface area contributed by atoms with E-state index in [1.54, 1.807) is 18.2 Å². The van der Waals surface area contributed by atoms with E-state index in [-0.39, 0.29) is 23.3 Å². The van der Waals surface area contributed by atoms with Crippen molar-refractivity contribution >= 4 is 28.5 Å². The van der Waals surface area contributed by atoms with E-state index in [0.29, 0.717) is 11.4 Å². The second-order valence-corrected chi connectivity index (χ2v) is 6.01. The van der Waals surface area contributed by atoms with Crippen molar-refractivity contribution in [2.24, 2.45) is 19.8 Å². The third-order valence-electron chi connectivity index (χ3n) is 4.01. The molecule has 0 unspecified atom stereocenters. The van der Waals surface area contributed by atoms with E-state index < -0.39 is 23.1 Å². The van der Waals surface area contributed by atoms with E-state index in [4.69, 9.17) is 10.5 Å². The standard InChI is InChI=1S/C18H17N5O5/c1-22-15-12(17(26)23(2)18(22)27)6-7-13(21-15)16(25)20-10-4-3-5-11(8-10)28-9-14(19)24/h3-8H,9H2,1-2H3,(H2,19,24)(H,20,25). The van der Waals surface area contributed by atoms with Crippen molar-refractivity contribution in [3.63, 3.8) is 0 Å². The van der Waals surface area contributed by atoms with Gasteiger partial charge in [-0.25, -0.2) is 9.78 Å². The number of hydrogen-bond acceptors (Lipinski definition) is 6. The number of ether oxygens (including phenoxy) is 1. The van der Waals surface area contributed by atoms with E-state index in [1.807, 2.05) is 0 Å². The number of anilines is 1. The Hall–Kier alpha value is -3.95. The van der Waals surface area contributed by atoms with Gasteiger partial charge in [0.1, 0.15) is 17.1 Å². The maximum Gasteiger partial charge on any atom is 0.332 e. The summed E-state index contributed by atoms with van der Waals surface area (Å²) in [6.45, 7) is -0.285. The maximum atomic E-state index is 12.5. The lowest BCUT2D eigenvalue weighted by molar-refractivity contribution is -0.119. The molecule has 0 saturated carbocycles. The van der Waals surface area contributed by atoms with Gasteiger partial charge in [0, 0.05) is 25.8 Å². The fourth-order valence-electron chi connectivity index (χ4n) is 2.59. The highest BCUT2D eigenvalue weighted by atomic mass is 16.5. The molecule has 0 aliphatic rings. The average Bonchev–Trinajstić information content (AvgIpc) is 2.69. The summed E-state index contributed by atoms with van der Waals surface area (Å²) in [5.74, 6) is -0.803. The zero-order valence-electron chi connectivity index (χ0n) is 15.1. The first-order chi connectivity index (χ1) is 13.3. The molecule has 0 bridgehead atoms. The molecule has 2 aromatic heterocycles. The van der Waals surface area contributed by atoms with Crippen molar-refractivity contribution in [1.82, 2.24) is 14.1 Å². The Morgan fingerprint density at radius 1 is 1.14 bits per heavy atom. The van der Waals surface area contributed by atoms with Gasteiger partial charge in [0.15, 0.2) is 6.61 Å². The number of nitrogens with one attached hydrogen (secondary N) is 1. The van der Waals surface area contributed by atoms with Gasteiger partial charge in [0.25, 0.3) is 17.4 Å². The smallest absolute Gasteiger partial charge is 0.332 e. The van der Waals surface area contributed by atoms with Gasteiger partial charge >= 0.3 is 5.69 Å². The first kappa shape index (κ1) is 18.8. The van der Waals surface area contributed by atoms with Crippen LogP contribution in [0.3, 0.4) is 0 Å². The van der Waals surface area contributed by atoms with Crippen LogP contribution in [0.4, 0.5) is 5.69 Å². The second kappa shape index (κ2) is 7.35. The number of rotatable bonds is 5. The summed E-state index contributed by atoms with van der Waals surface area (Å²) < 4.78 is 7.36. The van der Waals surface area contributed by atoms with Crippen LogP contribution in [0.1, 0.15) is 10.5 Å². The number of carbonyl (C=O) groups excluding carboxylic acids is 2. The third kappa shape index (κ3) is 3.61. The number of amides is 2. The van der Waals surface area contributed by atoms with Crippen molar-refractivity contribution in [3.8, 4) is 5.75 Å². The molecule has 0 radical (unpaired) electrons. The predicted molar refractivity (Wildman–Crippen MR) is 101 cm³/mol. The zero-order valence-corrected chi connectivity index (χ0v) is 15.1. The van der Waals surface area contributed by atoms with Crippen LogP contribution in [0.2, 0.25) is 0 Å². The summed E-state index contributed by atoms with van der Waals surface area (Å²) in [4.78, 5) is 51.7. The van der Waals surface area contributed by atoms with Gasteiger partial charge in [-0.05, 0) is 24.3 Å². The van der Waals surface area contributed by atoms with Gasteiger partial charge in [0.05, 0.1) is 5.39 Å². The molecule has 10 heteroatoms. The first-order valence-corrected chi connectivity index (χ1v) is 8.17. The Kier molecular flexibility index (Phi) is 4.94. The van der Waals surface area contributed by atoms with Gasteiger partial charge in [-0.3, -0.25) is 23.5 Å². The largest absolute Gasteiger partial charge is 0.484 e. The molecule has 144 valence electrons. The number of nitrogens with two attached hydrogens (primary N) is 1. The molecule has 3 N–H and O–H groups in total. The highest BCUT2D eigenvalue weighted by Gasteiger charge is 2.14. The quantitative estimate of drug-likeness (QED) is 0.623. The van der Waals surface area contributed by atoms with Crippen LogP contribution in [-0.2, 0) is 18.9 Å². The van der Waals surface area contributed by atoms with E-state index >= 15 is 0 Å². The van der Waals surface area contributed by atoms with E-state index in [2.05, 4.69) is 10.3 Å². The van der Waals surface area contributed by atoms with Crippen molar-refractivity contribution in [2.75, 3.05) is 11.9 Å². The van der Waals surface area contributed by atoms with Crippen molar-refractivity contribution in [3.05, 3.63) is 62.9 Å². The topological polar surface area (TPSA) is 138 Å². The monoisotopic (exact) mass is 383 g/mol. The van der Waals surface area contributed by atoms with Crippen LogP contribution in [0.25, 0.3) is 11.0 Å². The molecule has 1 aromatic carbocycles. The number of nitrogens with zero attached hydrogens (tertiary/aromatic N) is 3. The van der Waals surface area contributed by atoms with Crippen LogP contribution in [0.5, 0.6) is 5.75 Å². The van der Waals surface area contributed by atoms with Gasteiger partial charge in [-0.1, -0.05) is 6.07 Å². The minimum absolute atomic E-state index is 0.0270. The van der Waals surface area contributed by atoms with Crippen LogP contribution < -0.4 is 27.0 Å². The highest BCUT2D eigenvalue weighted by Crippen LogP contribution is 2.18. The summed E-state index contributed by atoms with van der Waals surface area (Å²) in [5.41, 5.74) is 4.55. The maximum absolute atomic E-state index is 12.5. The summed E-state index contributed by atoms with van der Waals surface area (Å²) in [7, 11) is 2.84. The van der Waals surface area contributed by atoms with E-state index in [1.165, 1.54) is 36.9 Å². The SMILES string of the molecule is Cn1c(=O)c2ccc(C(=O)Nc3cccc(OCC(N)=O)c3)nc2n(C)c1=O. The molecule has 28 heavy (non-hydrogen) atoms. The van der Waals surface area contributed by atoms with Crippen LogP contribution in [0, 0.1) is 0 Å². The molecule has 0 saturated heterocycles. The molecule has 3 rings (SSSR count). The summed E-state index contributed by atoms with van der Waals surface area (Å²) in [5, 5.41) is 2.87. The molecule has 2 heterocycles. The number of carbonyl (C=O) groups is 2. The van der Waals surface area contributed by atoms with Crippen LogP contribution >= 0.6 is 0 Å². The molecule has 10 nitrogen and oxygen atoms in total. The normalized spacial score (nSPS) is 10.6. The molecule has 0 spiro atoms. The van der Waals surface area contributed by atoms with Crippen LogP contribution in [0.15, 0.2) is 46.0 Å². The van der Waals surface area contributed by atoms with Crippen molar-refractivity contribution < 1.29 is 14.3 Å². The lowest BCUT2D eigenvalue weighted by Gasteiger charge is -2.10. The predicted octanol–water partition coefficient (Wildman–Crippen LogP) is -0.251. The highest BCUT2D eigenvalue weighted by molar-refractivity contribution is 6.03. The summed E-state index contributed by atoms with van der Waals surface area (Å²) in [6, 6.07) is 9.24. The summed E-state index contributed by atoms with van der Waals surface area (Å²) >= 11 is 0. The molecule has 3 aromatic rings. The average molecular weight is 383 g/mol. The van der Waals surface area contributed by atoms with Gasteiger partial charge in [0.2, 0.25) is 0 Å². The molecule has 0 aliphatic heterocycles. The van der Waals surface area contributed by atoms with Crippen LogP contribution in [-0.4, -0.2) is 32.5 Å². The van der Waals surface area contributed by atoms with Gasteiger partial charge in [-0.15, -0.1) is 0 Å². The summed E-state index contributed by atoms with van der Waals surface area (Å²) in [6.07, 6.45) is 0. The Morgan fingerprint density at radius 2 is 1.89 bits per heavy atom. The number of benzene rings is 1. The molecular formula is C18H17N5O5. The fraction of sp³-hybridized carbons (Fsp3) is 0.167. The molecule has 2 amide bonds. The fourth-order valence-corrected chi connectivity index (χ4v) is 2.59. The Balaban J connectivity index is 1.90. The van der Waals surface area contributed by atoms with E-state index in [9.17, 15) is 19.2 Å². The van der Waals surface area contributed by atoms with Gasteiger partial charge < -0.3 is 15.8 Å². The molecular weight excluding hydrogens is 366 g/mol. The molecule has 0 atom stereocenters. The minimum Gasteiger partial charge on any atom is -0.484 e. The van der Waals surface area contributed by atoms with E-state index in [0.717, 1.165) is 4.57 Å². The number of aromatic nitrogens is 3. The molecule has 0 fully saturated rings. The Morgan fingerprint density at radius 3 is 2.61 bits per heavy atom. The second-order valence-electron chi connectivity index (χ2n) is 6.01. The Labute approximate surface area is 158 Å². The van der Waals surface area contributed by atoms with Gasteiger partial charge in [-0.2, -0.15) is 0 Å². The Bertz CT molecular complexity index is 1210. The number of pyridine rings is 1. The third-order valence-corrected chi connectivity index (χ3v) is 4.01. The first-order valence-electron chi connectivity index (χ1n) is 8.17. The van der Waals surface area contributed by atoms with Crippen molar-refractivity contribution in [2.45, 2.75) is 0 Å². The lowest BCUT2D eigenvalue weighted by atomic mass is 10.2. The zero-order chi connectivity index (χ0) is 20.4. The minimum atomic E-state index is -0.619. The number of fused-ring (bicyclic) bond motifs is 1. The molecule has 0 aliphatic carbocycles. The lowest BCUT2D eigenvalue weighted by Crippen LogP contribution is -2.37. The number of hydrogen-bond donors (Lipinski definition) is 2.